The zero-order chi connectivity index (χ0) is 14.7. The van der Waals surface area contributed by atoms with Crippen molar-refractivity contribution in [2.45, 2.75) is 37.7 Å². The number of anilines is 1. The molecule has 4 nitrogen and oxygen atoms in total. The number of nitrogen functional groups attached to an aromatic ring is 1. The van der Waals surface area contributed by atoms with Crippen LogP contribution in [0.4, 0.5) is 5.69 Å². The predicted molar refractivity (Wildman–Crippen MR) is 81.0 cm³/mol. The molecule has 21 heavy (non-hydrogen) atoms. The van der Waals surface area contributed by atoms with Crippen molar-refractivity contribution in [2.24, 2.45) is 5.92 Å². The molecule has 2 fully saturated rings. The van der Waals surface area contributed by atoms with Gasteiger partial charge in [0.25, 0.3) is 0 Å². The number of hydrogen-bond donors (Lipinski definition) is 1. The summed E-state index contributed by atoms with van der Waals surface area (Å²) < 4.78 is 11.4. The summed E-state index contributed by atoms with van der Waals surface area (Å²) in [5.74, 6) is 0.424. The van der Waals surface area contributed by atoms with Gasteiger partial charge in [0.1, 0.15) is 5.78 Å². The van der Waals surface area contributed by atoms with E-state index in [2.05, 4.69) is 0 Å². The molecule has 2 aliphatic heterocycles. The van der Waals surface area contributed by atoms with E-state index >= 15 is 0 Å². The highest BCUT2D eigenvalue weighted by Gasteiger charge is 2.40. The quantitative estimate of drug-likeness (QED) is 0.868. The molecule has 4 heteroatoms. The highest BCUT2D eigenvalue weighted by Crippen LogP contribution is 2.37. The van der Waals surface area contributed by atoms with Gasteiger partial charge in [0, 0.05) is 37.8 Å². The fraction of sp³-hybridized carbons (Fsp3) is 0.588. The topological polar surface area (TPSA) is 61.6 Å². The third kappa shape index (κ3) is 3.44. The Kier molecular flexibility index (Phi) is 4.27. The number of nitrogens with two attached hydrogens (primary N) is 1. The Morgan fingerprint density at radius 1 is 1.29 bits per heavy atom. The average molecular weight is 289 g/mol. The molecule has 0 radical (unpaired) electrons. The van der Waals surface area contributed by atoms with Crippen molar-refractivity contribution in [3.63, 3.8) is 0 Å². The van der Waals surface area contributed by atoms with Crippen LogP contribution in [-0.2, 0) is 20.7 Å². The summed E-state index contributed by atoms with van der Waals surface area (Å²) in [5, 5.41) is 0. The van der Waals surface area contributed by atoms with E-state index in [1.54, 1.807) is 0 Å². The number of rotatable bonds is 3. The minimum absolute atomic E-state index is 0.110. The largest absolute Gasteiger partial charge is 0.399 e. The van der Waals surface area contributed by atoms with Crippen LogP contribution in [0.2, 0.25) is 0 Å². The van der Waals surface area contributed by atoms with Gasteiger partial charge in [0.2, 0.25) is 0 Å². The molecule has 0 bridgehead atoms. The van der Waals surface area contributed by atoms with Crippen molar-refractivity contribution in [1.29, 1.82) is 0 Å². The number of carbonyl (C=O) groups is 1. The van der Waals surface area contributed by atoms with Crippen LogP contribution in [0.25, 0.3) is 0 Å². The van der Waals surface area contributed by atoms with E-state index in [9.17, 15) is 4.79 Å². The van der Waals surface area contributed by atoms with Crippen LogP contribution in [0.1, 0.15) is 31.2 Å². The lowest BCUT2D eigenvalue weighted by Gasteiger charge is -2.43. The molecule has 2 saturated heterocycles. The lowest BCUT2D eigenvalue weighted by Crippen LogP contribution is -2.46. The minimum Gasteiger partial charge on any atom is -0.399 e. The fourth-order valence-corrected chi connectivity index (χ4v) is 3.44. The van der Waals surface area contributed by atoms with Gasteiger partial charge in [-0.25, -0.2) is 0 Å². The molecule has 114 valence electrons. The number of carbonyl (C=O) groups excluding carboxylic acids is 1. The van der Waals surface area contributed by atoms with Gasteiger partial charge in [-0.3, -0.25) is 4.79 Å². The molecule has 0 saturated carbocycles. The molecule has 0 aromatic heterocycles. The van der Waals surface area contributed by atoms with Gasteiger partial charge in [0.15, 0.2) is 0 Å². The van der Waals surface area contributed by atoms with E-state index < -0.39 is 0 Å². The van der Waals surface area contributed by atoms with Crippen molar-refractivity contribution in [1.82, 2.24) is 0 Å². The molecule has 3 rings (SSSR count). The molecule has 2 aliphatic rings. The maximum atomic E-state index is 12.6. The molecule has 1 atom stereocenters. The maximum Gasteiger partial charge on any atom is 0.140 e. The third-order valence-corrected chi connectivity index (χ3v) is 4.68. The standard InChI is InChI=1S/C17H23NO3/c18-15-3-1-2-13(10-15)11-16(19)14-4-7-21-17(12-14)5-8-20-9-6-17/h1-3,10,14H,4-9,11-12,18H2. The van der Waals surface area contributed by atoms with E-state index in [0.29, 0.717) is 24.5 Å². The van der Waals surface area contributed by atoms with Gasteiger partial charge >= 0.3 is 0 Å². The molecule has 0 amide bonds. The van der Waals surface area contributed by atoms with E-state index in [1.165, 1.54) is 0 Å². The average Bonchev–Trinajstić information content (AvgIpc) is 2.48. The second-order valence-electron chi connectivity index (χ2n) is 6.22. The van der Waals surface area contributed by atoms with Gasteiger partial charge in [-0.05, 0) is 43.4 Å². The zero-order valence-electron chi connectivity index (χ0n) is 12.3. The number of benzene rings is 1. The summed E-state index contributed by atoms with van der Waals surface area (Å²) in [6, 6.07) is 7.61. The molecule has 2 heterocycles. The predicted octanol–water partition coefficient (Wildman–Crippen LogP) is 2.36. The Hall–Kier alpha value is -1.39. The minimum atomic E-state index is -0.119. The van der Waals surface area contributed by atoms with Crippen LogP contribution in [-0.4, -0.2) is 31.2 Å². The Bertz CT molecular complexity index is 503. The molecule has 0 aliphatic carbocycles. The number of ether oxygens (including phenoxy) is 2. The van der Waals surface area contributed by atoms with Crippen LogP contribution in [0.3, 0.4) is 0 Å². The van der Waals surface area contributed by atoms with Crippen LogP contribution in [0.15, 0.2) is 24.3 Å². The zero-order valence-corrected chi connectivity index (χ0v) is 12.3. The Morgan fingerprint density at radius 3 is 2.86 bits per heavy atom. The molecular formula is C17H23NO3. The van der Waals surface area contributed by atoms with Crippen LogP contribution >= 0.6 is 0 Å². The Labute approximate surface area is 125 Å². The smallest absolute Gasteiger partial charge is 0.140 e. The van der Waals surface area contributed by atoms with E-state index in [-0.39, 0.29) is 11.5 Å². The highest BCUT2D eigenvalue weighted by atomic mass is 16.5. The monoisotopic (exact) mass is 289 g/mol. The number of ketones is 1. The SMILES string of the molecule is Nc1cccc(CC(=O)C2CCOC3(CCOCC3)C2)c1. The van der Waals surface area contributed by atoms with Crippen LogP contribution < -0.4 is 5.73 Å². The number of Topliss-reactive ketones (excluding diaryl/α,β-unsaturated/α-hetero) is 1. The van der Waals surface area contributed by atoms with Gasteiger partial charge in [0.05, 0.1) is 5.60 Å². The van der Waals surface area contributed by atoms with Gasteiger partial charge in [-0.2, -0.15) is 0 Å². The summed E-state index contributed by atoms with van der Waals surface area (Å²) >= 11 is 0. The van der Waals surface area contributed by atoms with Gasteiger partial charge in [-0.15, -0.1) is 0 Å². The van der Waals surface area contributed by atoms with Crippen molar-refractivity contribution in [3.8, 4) is 0 Å². The molecule has 1 spiro atoms. The van der Waals surface area contributed by atoms with E-state index in [0.717, 1.165) is 44.5 Å². The molecule has 1 aromatic rings. The molecular weight excluding hydrogens is 266 g/mol. The number of hydrogen-bond acceptors (Lipinski definition) is 4. The van der Waals surface area contributed by atoms with Crippen LogP contribution in [0, 0.1) is 5.92 Å². The summed E-state index contributed by atoms with van der Waals surface area (Å²) in [4.78, 5) is 12.6. The van der Waals surface area contributed by atoms with E-state index in [4.69, 9.17) is 15.2 Å². The molecule has 1 unspecified atom stereocenters. The van der Waals surface area contributed by atoms with Crippen LogP contribution in [0.5, 0.6) is 0 Å². The second kappa shape index (κ2) is 6.16. The summed E-state index contributed by atoms with van der Waals surface area (Å²) in [5.41, 5.74) is 7.38. The van der Waals surface area contributed by atoms with Crippen molar-refractivity contribution in [3.05, 3.63) is 29.8 Å². The van der Waals surface area contributed by atoms with Crippen molar-refractivity contribution >= 4 is 11.5 Å². The second-order valence-corrected chi connectivity index (χ2v) is 6.22. The van der Waals surface area contributed by atoms with Gasteiger partial charge < -0.3 is 15.2 Å². The Balaban J connectivity index is 1.64. The lowest BCUT2D eigenvalue weighted by molar-refractivity contribution is -0.156. The summed E-state index contributed by atoms with van der Waals surface area (Å²) in [6.07, 6.45) is 3.98. The molecule has 2 N–H and O–H groups in total. The van der Waals surface area contributed by atoms with E-state index in [1.807, 2.05) is 24.3 Å². The van der Waals surface area contributed by atoms with Crippen molar-refractivity contribution < 1.29 is 14.3 Å². The third-order valence-electron chi connectivity index (χ3n) is 4.68. The Morgan fingerprint density at radius 2 is 2.10 bits per heavy atom. The first-order chi connectivity index (χ1) is 10.2. The maximum absolute atomic E-state index is 12.6. The first-order valence-electron chi connectivity index (χ1n) is 7.76. The summed E-state index contributed by atoms with van der Waals surface area (Å²) in [6.45, 7) is 2.18. The molecule has 1 aromatic carbocycles. The first-order valence-corrected chi connectivity index (χ1v) is 7.76. The highest BCUT2D eigenvalue weighted by molar-refractivity contribution is 5.83. The fourth-order valence-electron chi connectivity index (χ4n) is 3.44. The normalized spacial score (nSPS) is 24.9. The van der Waals surface area contributed by atoms with Gasteiger partial charge in [-0.1, -0.05) is 12.1 Å². The lowest BCUT2D eigenvalue weighted by atomic mass is 9.78. The summed E-state index contributed by atoms with van der Waals surface area (Å²) in [7, 11) is 0. The first kappa shape index (κ1) is 14.5. The van der Waals surface area contributed by atoms with Crippen molar-refractivity contribution in [2.75, 3.05) is 25.6 Å².